The summed E-state index contributed by atoms with van der Waals surface area (Å²) in [7, 11) is 0. The molecule has 0 heterocycles. The second kappa shape index (κ2) is 6.91. The summed E-state index contributed by atoms with van der Waals surface area (Å²) in [6, 6.07) is 0. The van der Waals surface area contributed by atoms with E-state index in [2.05, 4.69) is 6.58 Å². The Balaban J connectivity index is 0. The summed E-state index contributed by atoms with van der Waals surface area (Å²) in [6.45, 7) is -1.24. The first-order chi connectivity index (χ1) is 4.06. The molecule has 0 saturated heterocycles. The van der Waals surface area contributed by atoms with Crippen LogP contribution in [0.2, 0.25) is 6.32 Å². The van der Waals surface area contributed by atoms with Crippen molar-refractivity contribution in [2.75, 3.05) is 0 Å². The molecule has 0 aromatic rings. The maximum absolute atomic E-state index is 11.4. The Labute approximate surface area is 102 Å². The van der Waals surface area contributed by atoms with Crippen LogP contribution in [-0.2, 0) is 0 Å². The maximum Gasteiger partial charge on any atom is 1.00 e. The molecule has 0 bridgehead atoms. The minimum Gasteiger partial charge on any atom is -0.449 e. The number of hydrogen-bond donors (Lipinski definition) is 0. The minimum atomic E-state index is -4.56. The molecule has 0 N–H and O–H groups in total. The topological polar surface area (TPSA) is 0 Å². The van der Waals surface area contributed by atoms with Gasteiger partial charge in [-0.2, -0.15) is 0 Å². The molecule has 0 aromatic carbocycles. The Morgan fingerprint density at radius 3 is 2.10 bits per heavy atom. The second-order valence-electron chi connectivity index (χ2n) is 1.93. The summed E-state index contributed by atoms with van der Waals surface area (Å²) in [5, 5.41) is 0. The number of halogens is 3. The van der Waals surface area contributed by atoms with E-state index in [0.29, 0.717) is 6.42 Å². The SMILES string of the molecule is C=CCCC[B-](F)(F)F.[K+]. The van der Waals surface area contributed by atoms with Gasteiger partial charge in [-0.1, -0.05) is 18.8 Å². The van der Waals surface area contributed by atoms with E-state index in [0.717, 1.165) is 0 Å². The predicted molar refractivity (Wildman–Crippen MR) is 33.3 cm³/mol. The number of allylic oxidation sites excluding steroid dienone is 1. The molecule has 5 heteroatoms. The third-order valence-corrected chi connectivity index (χ3v) is 0.940. The van der Waals surface area contributed by atoms with Crippen LogP contribution in [0.4, 0.5) is 12.9 Å². The summed E-state index contributed by atoms with van der Waals surface area (Å²) in [5.74, 6) is 0. The monoisotopic (exact) mass is 176 g/mol. The largest absolute Gasteiger partial charge is 1.00 e. The van der Waals surface area contributed by atoms with Crippen molar-refractivity contribution < 1.29 is 64.3 Å². The Hall–Kier alpha value is 1.23. The Morgan fingerprint density at radius 2 is 1.80 bits per heavy atom. The molecule has 0 aliphatic carbocycles. The molecule has 0 rings (SSSR count). The fourth-order valence-corrected chi connectivity index (χ4v) is 0.494. The molecule has 0 atom stereocenters. The van der Waals surface area contributed by atoms with Crippen LogP contribution in [0.25, 0.3) is 0 Å². The van der Waals surface area contributed by atoms with E-state index in [1.165, 1.54) is 6.08 Å². The van der Waals surface area contributed by atoms with Crippen LogP contribution in [0.1, 0.15) is 12.8 Å². The fourth-order valence-electron chi connectivity index (χ4n) is 0.494. The van der Waals surface area contributed by atoms with E-state index >= 15 is 0 Å². The van der Waals surface area contributed by atoms with Crippen LogP contribution in [0.15, 0.2) is 12.7 Å². The zero-order valence-electron chi connectivity index (χ0n) is 6.12. The van der Waals surface area contributed by atoms with Gasteiger partial charge < -0.3 is 12.9 Å². The van der Waals surface area contributed by atoms with Crippen LogP contribution >= 0.6 is 0 Å². The van der Waals surface area contributed by atoms with Gasteiger partial charge >= 0.3 is 58.4 Å². The summed E-state index contributed by atoms with van der Waals surface area (Å²) in [4.78, 5) is 0. The molecule has 0 saturated carbocycles. The van der Waals surface area contributed by atoms with Crippen molar-refractivity contribution in [2.24, 2.45) is 0 Å². The van der Waals surface area contributed by atoms with Crippen molar-refractivity contribution in [3.8, 4) is 0 Å². The molecule has 0 aliphatic heterocycles. The van der Waals surface area contributed by atoms with Crippen molar-refractivity contribution in [1.82, 2.24) is 0 Å². The van der Waals surface area contributed by atoms with Crippen molar-refractivity contribution in [2.45, 2.75) is 19.2 Å². The van der Waals surface area contributed by atoms with Gasteiger partial charge in [-0.05, 0) is 6.42 Å². The van der Waals surface area contributed by atoms with E-state index in [1.807, 2.05) is 0 Å². The van der Waals surface area contributed by atoms with Gasteiger partial charge in [0.1, 0.15) is 0 Å². The van der Waals surface area contributed by atoms with Gasteiger partial charge in [0, 0.05) is 0 Å². The molecule has 0 spiro atoms. The summed E-state index contributed by atoms with van der Waals surface area (Å²) >= 11 is 0. The quantitative estimate of drug-likeness (QED) is 0.316. The van der Waals surface area contributed by atoms with Crippen LogP contribution in [0.3, 0.4) is 0 Å². The van der Waals surface area contributed by atoms with Crippen LogP contribution < -0.4 is 51.4 Å². The van der Waals surface area contributed by atoms with E-state index < -0.39 is 13.3 Å². The third kappa shape index (κ3) is 12.0. The fraction of sp³-hybridized carbons (Fsp3) is 0.600. The first kappa shape index (κ1) is 13.8. The number of hydrogen-bond acceptors (Lipinski definition) is 0. The van der Waals surface area contributed by atoms with Gasteiger partial charge in [-0.15, -0.1) is 6.58 Å². The van der Waals surface area contributed by atoms with E-state index in [-0.39, 0.29) is 57.8 Å². The summed E-state index contributed by atoms with van der Waals surface area (Å²) in [6.07, 6.45) is 1.52. The molecule has 0 aliphatic rings. The molecular weight excluding hydrogens is 167 g/mol. The van der Waals surface area contributed by atoms with Gasteiger partial charge in [0.2, 0.25) is 0 Å². The van der Waals surface area contributed by atoms with Crippen molar-refractivity contribution >= 4 is 6.98 Å². The Bertz CT molecular complexity index is 91.4. The van der Waals surface area contributed by atoms with Crippen molar-refractivity contribution in [3.05, 3.63) is 12.7 Å². The van der Waals surface area contributed by atoms with E-state index in [1.54, 1.807) is 0 Å². The summed E-state index contributed by atoms with van der Waals surface area (Å²) < 4.78 is 34.2. The van der Waals surface area contributed by atoms with Crippen molar-refractivity contribution in [3.63, 3.8) is 0 Å². The van der Waals surface area contributed by atoms with Gasteiger partial charge in [0.05, 0.1) is 0 Å². The standard InChI is InChI=1S/C5H9BF3.K/c1-2-3-4-5-6(7,8)9;/h2H,1,3-5H2;/q-1;+1. The number of rotatable bonds is 4. The molecule has 10 heavy (non-hydrogen) atoms. The maximum atomic E-state index is 11.4. The molecule has 0 nitrogen and oxygen atoms in total. The molecule has 54 valence electrons. The van der Waals surface area contributed by atoms with Crippen LogP contribution in [-0.4, -0.2) is 6.98 Å². The zero-order valence-corrected chi connectivity index (χ0v) is 9.24. The first-order valence-electron chi connectivity index (χ1n) is 2.88. The van der Waals surface area contributed by atoms with Gasteiger partial charge in [0.15, 0.2) is 0 Å². The zero-order chi connectivity index (χ0) is 7.33. The van der Waals surface area contributed by atoms with Gasteiger partial charge in [-0.25, -0.2) is 0 Å². The number of unbranched alkanes of at least 4 members (excludes halogenated alkanes) is 1. The molecule has 0 unspecified atom stereocenters. The Kier molecular flexibility index (Phi) is 9.54. The first-order valence-corrected chi connectivity index (χ1v) is 2.88. The molecule has 0 amide bonds. The van der Waals surface area contributed by atoms with Crippen molar-refractivity contribution in [1.29, 1.82) is 0 Å². The predicted octanol–water partition coefficient (Wildman–Crippen LogP) is -0.196. The molecule has 0 fully saturated rings. The van der Waals surface area contributed by atoms with E-state index in [9.17, 15) is 12.9 Å². The molecule has 0 aromatic heterocycles. The molecule has 0 radical (unpaired) electrons. The van der Waals surface area contributed by atoms with E-state index in [4.69, 9.17) is 0 Å². The smallest absolute Gasteiger partial charge is 0.449 e. The Morgan fingerprint density at radius 1 is 1.30 bits per heavy atom. The van der Waals surface area contributed by atoms with Gasteiger partial charge in [-0.3, -0.25) is 0 Å². The third-order valence-electron chi connectivity index (χ3n) is 0.940. The minimum absolute atomic E-state index is 0. The molecular formula is C5H9BF3K. The average Bonchev–Trinajstić information content (AvgIpc) is 1.63. The summed E-state index contributed by atoms with van der Waals surface area (Å²) in [5.41, 5.74) is 0. The van der Waals surface area contributed by atoms with Gasteiger partial charge in [0.25, 0.3) is 0 Å². The van der Waals surface area contributed by atoms with Crippen LogP contribution in [0.5, 0.6) is 0 Å². The van der Waals surface area contributed by atoms with Crippen LogP contribution in [0, 0.1) is 0 Å². The normalized spacial score (nSPS) is 10.3. The average molecular weight is 176 g/mol. The second-order valence-corrected chi connectivity index (χ2v) is 1.93.